The summed E-state index contributed by atoms with van der Waals surface area (Å²) in [6, 6.07) is 8.18. The second-order valence-electron chi connectivity index (χ2n) is 6.69. The van der Waals surface area contributed by atoms with E-state index >= 15 is 0 Å². The average molecular weight is 444 g/mol. The van der Waals surface area contributed by atoms with E-state index in [9.17, 15) is 9.35 Å². The zero-order valence-electron chi connectivity index (χ0n) is 15.2. The van der Waals surface area contributed by atoms with Gasteiger partial charge in [-0.2, -0.15) is 0 Å². The molecule has 144 valence electrons. The van der Waals surface area contributed by atoms with Crippen molar-refractivity contribution in [1.82, 2.24) is 0 Å². The van der Waals surface area contributed by atoms with Crippen LogP contribution < -0.4 is 0 Å². The molecule has 8 heteroatoms. The number of esters is 1. The molecule has 0 fully saturated rings. The van der Waals surface area contributed by atoms with Crippen LogP contribution in [0.3, 0.4) is 0 Å². The molecule has 0 aliphatic heterocycles. The summed E-state index contributed by atoms with van der Waals surface area (Å²) in [5, 5.41) is 8.68. The van der Waals surface area contributed by atoms with Crippen molar-refractivity contribution in [2.75, 3.05) is 7.11 Å². The molecule has 0 saturated carbocycles. The fraction of sp³-hybridized carbons (Fsp3) is 0.263. The molecule has 2 aromatic carbocycles. The standard InChI is InChI=1S/C19H19Cl2NO3S2/c1-19(2,3)27(24)17(22)15-10(8-9-12(20)16(15)21)14-11(18(23)25-4)6-5-7-13(14)26/h5-9,22,26H,1-4H3. The Hall–Kier alpha value is -1.18. The van der Waals surface area contributed by atoms with Gasteiger partial charge in [0.1, 0.15) is 4.75 Å². The van der Waals surface area contributed by atoms with Crippen LogP contribution in [0.2, 0.25) is 10.0 Å². The van der Waals surface area contributed by atoms with E-state index in [1.807, 2.05) is 0 Å². The zero-order valence-corrected chi connectivity index (χ0v) is 18.4. The summed E-state index contributed by atoms with van der Waals surface area (Å²) in [6.45, 7) is 5.30. The lowest BCUT2D eigenvalue weighted by Crippen LogP contribution is -2.34. The van der Waals surface area contributed by atoms with Gasteiger partial charge in [-0.1, -0.05) is 35.3 Å². The summed E-state index contributed by atoms with van der Waals surface area (Å²) >= 11 is 15.4. The van der Waals surface area contributed by atoms with E-state index in [1.165, 1.54) is 7.11 Å². The molecule has 1 N–H and O–H groups in total. The predicted molar refractivity (Wildman–Crippen MR) is 115 cm³/mol. The Morgan fingerprint density at radius 2 is 1.85 bits per heavy atom. The number of thiol groups is 1. The number of halogens is 2. The van der Waals surface area contributed by atoms with Crippen molar-refractivity contribution in [3.8, 4) is 11.1 Å². The number of hydrogen-bond acceptors (Lipinski definition) is 5. The maximum absolute atomic E-state index is 12.8. The third-order valence-electron chi connectivity index (χ3n) is 3.78. The summed E-state index contributed by atoms with van der Waals surface area (Å²) < 4.78 is 17.0. The number of ether oxygens (including phenoxy) is 1. The van der Waals surface area contributed by atoms with Gasteiger partial charge in [-0.25, -0.2) is 4.79 Å². The Morgan fingerprint density at radius 3 is 2.41 bits per heavy atom. The molecule has 0 bridgehead atoms. The SMILES string of the molecule is COC(=O)c1cccc(S)c1-c1ccc(Cl)c(Cl)c1C(=N)[S+]([O-])C(C)(C)C. The largest absolute Gasteiger partial charge is 0.610 e. The van der Waals surface area contributed by atoms with Gasteiger partial charge in [-0.05, 0) is 44.5 Å². The Labute approximate surface area is 177 Å². The number of rotatable bonds is 3. The molecule has 0 saturated heterocycles. The number of hydrogen-bond donors (Lipinski definition) is 2. The van der Waals surface area contributed by atoms with Crippen molar-refractivity contribution in [3.63, 3.8) is 0 Å². The van der Waals surface area contributed by atoms with E-state index in [1.54, 1.807) is 51.1 Å². The smallest absolute Gasteiger partial charge is 0.338 e. The minimum atomic E-state index is -1.66. The van der Waals surface area contributed by atoms with Crippen LogP contribution in [-0.4, -0.2) is 27.4 Å². The van der Waals surface area contributed by atoms with Gasteiger partial charge in [0.05, 0.1) is 28.3 Å². The molecule has 0 radical (unpaired) electrons. The molecule has 27 heavy (non-hydrogen) atoms. The summed E-state index contributed by atoms with van der Waals surface area (Å²) in [6.07, 6.45) is 0. The third kappa shape index (κ3) is 4.46. The molecular formula is C19H19Cl2NO3S2. The quantitative estimate of drug-likeness (QED) is 0.213. The molecular weight excluding hydrogens is 425 g/mol. The molecule has 0 heterocycles. The monoisotopic (exact) mass is 443 g/mol. The van der Waals surface area contributed by atoms with Crippen LogP contribution in [0.15, 0.2) is 35.2 Å². The summed E-state index contributed by atoms with van der Waals surface area (Å²) in [7, 11) is 1.28. The number of benzene rings is 2. The lowest BCUT2D eigenvalue weighted by molar-refractivity contribution is 0.0601. The normalized spacial score (nSPS) is 12.6. The van der Waals surface area contributed by atoms with E-state index in [-0.39, 0.29) is 26.2 Å². The highest BCUT2D eigenvalue weighted by Crippen LogP contribution is 2.40. The Morgan fingerprint density at radius 1 is 1.22 bits per heavy atom. The van der Waals surface area contributed by atoms with Gasteiger partial charge in [0.25, 0.3) is 0 Å². The van der Waals surface area contributed by atoms with Crippen LogP contribution in [-0.2, 0) is 15.9 Å². The maximum Gasteiger partial charge on any atom is 0.338 e. The topological polar surface area (TPSA) is 73.2 Å². The van der Waals surface area contributed by atoms with Crippen LogP contribution in [0.4, 0.5) is 0 Å². The van der Waals surface area contributed by atoms with Crippen molar-refractivity contribution < 1.29 is 14.1 Å². The second kappa shape index (κ2) is 8.45. The van der Waals surface area contributed by atoms with Crippen LogP contribution in [0.5, 0.6) is 0 Å². The summed E-state index contributed by atoms with van der Waals surface area (Å²) in [4.78, 5) is 12.7. The number of nitrogens with one attached hydrogen (secondary N) is 1. The highest BCUT2D eigenvalue weighted by molar-refractivity contribution is 8.07. The first-order chi connectivity index (χ1) is 12.5. The summed E-state index contributed by atoms with van der Waals surface area (Å²) in [5.74, 6) is -0.554. The number of methoxy groups -OCH3 is 1. The molecule has 0 aliphatic rings. The van der Waals surface area contributed by atoms with E-state index in [4.69, 9.17) is 33.3 Å². The van der Waals surface area contributed by atoms with E-state index in [2.05, 4.69) is 12.6 Å². The first kappa shape index (κ1) is 22.1. The highest BCUT2D eigenvalue weighted by Gasteiger charge is 2.35. The Kier molecular flexibility index (Phi) is 6.92. The van der Waals surface area contributed by atoms with Gasteiger partial charge < -0.3 is 9.29 Å². The van der Waals surface area contributed by atoms with Gasteiger partial charge in [0, 0.05) is 21.6 Å². The van der Waals surface area contributed by atoms with Crippen LogP contribution in [0.25, 0.3) is 11.1 Å². The van der Waals surface area contributed by atoms with Crippen molar-refractivity contribution in [1.29, 1.82) is 5.41 Å². The minimum Gasteiger partial charge on any atom is -0.610 e. The highest BCUT2D eigenvalue weighted by atomic mass is 35.5. The molecule has 4 nitrogen and oxygen atoms in total. The van der Waals surface area contributed by atoms with Crippen molar-refractivity contribution in [2.24, 2.45) is 0 Å². The van der Waals surface area contributed by atoms with Crippen LogP contribution >= 0.6 is 35.8 Å². The third-order valence-corrected chi connectivity index (χ3v) is 6.64. The molecule has 0 amide bonds. The van der Waals surface area contributed by atoms with Gasteiger partial charge >= 0.3 is 5.97 Å². The first-order valence-corrected chi connectivity index (χ1v) is 10.3. The Bertz CT molecular complexity index is 911. The number of carbonyl (C=O) groups excluding carboxylic acids is 1. The second-order valence-corrected chi connectivity index (χ2v) is 10.1. The minimum absolute atomic E-state index is 0.101. The predicted octanol–water partition coefficient (Wildman–Crippen LogP) is 5.61. The maximum atomic E-state index is 12.8. The van der Waals surface area contributed by atoms with Crippen LogP contribution in [0, 0.1) is 5.41 Å². The van der Waals surface area contributed by atoms with Crippen LogP contribution in [0.1, 0.15) is 36.7 Å². The van der Waals surface area contributed by atoms with Gasteiger partial charge in [0.15, 0.2) is 0 Å². The molecule has 0 aromatic heterocycles. The molecule has 0 aliphatic carbocycles. The van der Waals surface area contributed by atoms with E-state index in [0.29, 0.717) is 16.0 Å². The molecule has 2 aromatic rings. The molecule has 0 spiro atoms. The van der Waals surface area contributed by atoms with Crippen molar-refractivity contribution in [2.45, 2.75) is 30.4 Å². The fourth-order valence-electron chi connectivity index (χ4n) is 2.48. The van der Waals surface area contributed by atoms with Crippen molar-refractivity contribution in [3.05, 3.63) is 51.5 Å². The molecule has 2 rings (SSSR count). The summed E-state index contributed by atoms with van der Waals surface area (Å²) in [5.41, 5.74) is 1.36. The Balaban J connectivity index is 2.84. The lowest BCUT2D eigenvalue weighted by Gasteiger charge is -2.26. The molecule has 1 atom stereocenters. The van der Waals surface area contributed by atoms with E-state index < -0.39 is 21.9 Å². The first-order valence-electron chi connectivity index (χ1n) is 7.90. The zero-order chi connectivity index (χ0) is 20.5. The van der Waals surface area contributed by atoms with Gasteiger partial charge in [-0.15, -0.1) is 12.6 Å². The van der Waals surface area contributed by atoms with Crippen molar-refractivity contribution >= 4 is 58.0 Å². The average Bonchev–Trinajstić information content (AvgIpc) is 2.61. The van der Waals surface area contributed by atoms with Gasteiger partial charge in [-0.3, -0.25) is 5.41 Å². The molecule has 1 unspecified atom stereocenters. The lowest BCUT2D eigenvalue weighted by atomic mass is 9.95. The van der Waals surface area contributed by atoms with E-state index in [0.717, 1.165) is 0 Å². The van der Waals surface area contributed by atoms with Gasteiger partial charge in [0.2, 0.25) is 5.04 Å². The number of carbonyl (C=O) groups is 1. The fourth-order valence-corrected chi connectivity index (χ4v) is 4.29.